The van der Waals surface area contributed by atoms with Gasteiger partial charge in [-0.05, 0) is 17.7 Å². The van der Waals surface area contributed by atoms with Gasteiger partial charge in [0.1, 0.15) is 6.61 Å². The standard InChI is InChI=1S/C12H12N2O/c1-2-3-7-15-14-10-12-6-4-5-11(8-12)9-13/h2,4-6,8,10H,1,3,7H2. The van der Waals surface area contributed by atoms with Gasteiger partial charge in [-0.1, -0.05) is 23.4 Å². The van der Waals surface area contributed by atoms with Gasteiger partial charge < -0.3 is 4.84 Å². The summed E-state index contributed by atoms with van der Waals surface area (Å²) in [5.74, 6) is 0. The maximum Gasteiger partial charge on any atom is 0.120 e. The molecule has 0 heterocycles. The van der Waals surface area contributed by atoms with E-state index in [0.717, 1.165) is 12.0 Å². The van der Waals surface area contributed by atoms with Gasteiger partial charge in [0.2, 0.25) is 0 Å². The smallest absolute Gasteiger partial charge is 0.120 e. The third-order valence-electron chi connectivity index (χ3n) is 1.71. The van der Waals surface area contributed by atoms with Crippen LogP contribution in [0.3, 0.4) is 0 Å². The van der Waals surface area contributed by atoms with E-state index in [4.69, 9.17) is 10.1 Å². The largest absolute Gasteiger partial charge is 0.395 e. The molecule has 76 valence electrons. The lowest BCUT2D eigenvalue weighted by molar-refractivity contribution is 0.151. The summed E-state index contributed by atoms with van der Waals surface area (Å²) in [6.07, 6.45) is 4.13. The summed E-state index contributed by atoms with van der Waals surface area (Å²) in [6.45, 7) is 4.10. The lowest BCUT2D eigenvalue weighted by Crippen LogP contribution is -1.87. The van der Waals surface area contributed by atoms with Crippen LogP contribution in [0.15, 0.2) is 42.1 Å². The van der Waals surface area contributed by atoms with Crippen molar-refractivity contribution in [1.82, 2.24) is 0 Å². The molecule has 15 heavy (non-hydrogen) atoms. The van der Waals surface area contributed by atoms with E-state index in [1.165, 1.54) is 0 Å². The second kappa shape index (κ2) is 6.39. The Bertz CT molecular complexity index is 391. The maximum atomic E-state index is 8.67. The molecule has 3 heteroatoms. The summed E-state index contributed by atoms with van der Waals surface area (Å²) in [5, 5.41) is 12.4. The number of rotatable bonds is 5. The molecular weight excluding hydrogens is 188 g/mol. The Morgan fingerprint density at radius 1 is 1.53 bits per heavy atom. The Hall–Kier alpha value is -2.08. The molecule has 0 unspecified atom stereocenters. The lowest BCUT2D eigenvalue weighted by atomic mass is 10.1. The minimum absolute atomic E-state index is 0.526. The van der Waals surface area contributed by atoms with E-state index in [1.54, 1.807) is 24.4 Å². The fourth-order valence-corrected chi connectivity index (χ4v) is 0.975. The van der Waals surface area contributed by atoms with Crippen LogP contribution < -0.4 is 0 Å². The quantitative estimate of drug-likeness (QED) is 0.317. The molecule has 0 aliphatic carbocycles. The maximum absolute atomic E-state index is 8.67. The first-order chi connectivity index (χ1) is 7.36. The fraction of sp³-hybridized carbons (Fsp3) is 0.167. The van der Waals surface area contributed by atoms with Gasteiger partial charge in [-0.25, -0.2) is 0 Å². The highest BCUT2D eigenvalue weighted by Crippen LogP contribution is 2.01. The molecule has 0 spiro atoms. The first-order valence-electron chi connectivity index (χ1n) is 4.63. The SMILES string of the molecule is C=CCCON=Cc1cccc(C#N)c1. The van der Waals surface area contributed by atoms with Crippen LogP contribution in [-0.2, 0) is 4.84 Å². The van der Waals surface area contributed by atoms with Crippen molar-refractivity contribution in [2.75, 3.05) is 6.61 Å². The molecule has 1 aromatic rings. The highest BCUT2D eigenvalue weighted by Gasteiger charge is 1.91. The van der Waals surface area contributed by atoms with Crippen molar-refractivity contribution in [3.05, 3.63) is 48.0 Å². The van der Waals surface area contributed by atoms with Crippen LogP contribution in [0.25, 0.3) is 0 Å². The molecule has 0 fully saturated rings. The van der Waals surface area contributed by atoms with E-state index >= 15 is 0 Å². The van der Waals surface area contributed by atoms with Crippen molar-refractivity contribution >= 4 is 6.21 Å². The Kier molecular flexibility index (Phi) is 4.68. The van der Waals surface area contributed by atoms with E-state index in [9.17, 15) is 0 Å². The monoisotopic (exact) mass is 200 g/mol. The molecule has 0 amide bonds. The summed E-state index contributed by atoms with van der Waals surface area (Å²) >= 11 is 0. The third-order valence-corrected chi connectivity index (χ3v) is 1.71. The van der Waals surface area contributed by atoms with Crippen molar-refractivity contribution in [3.63, 3.8) is 0 Å². The van der Waals surface area contributed by atoms with Crippen molar-refractivity contribution < 1.29 is 4.84 Å². The minimum Gasteiger partial charge on any atom is -0.395 e. The van der Waals surface area contributed by atoms with Crippen molar-refractivity contribution in [2.45, 2.75) is 6.42 Å². The van der Waals surface area contributed by atoms with Gasteiger partial charge in [0.05, 0.1) is 17.8 Å². The summed E-state index contributed by atoms with van der Waals surface area (Å²) in [4.78, 5) is 4.97. The second-order valence-electron chi connectivity index (χ2n) is 2.88. The van der Waals surface area contributed by atoms with Crippen LogP contribution in [0.2, 0.25) is 0 Å². The van der Waals surface area contributed by atoms with Crippen molar-refractivity contribution in [2.24, 2.45) is 5.16 Å². The molecule has 1 aromatic carbocycles. The molecule has 1 rings (SSSR count). The predicted molar refractivity (Wildman–Crippen MR) is 59.5 cm³/mol. The number of hydrogen-bond acceptors (Lipinski definition) is 3. The van der Waals surface area contributed by atoms with E-state index < -0.39 is 0 Å². The molecule has 0 atom stereocenters. The topological polar surface area (TPSA) is 45.4 Å². The second-order valence-corrected chi connectivity index (χ2v) is 2.88. The van der Waals surface area contributed by atoms with Crippen LogP contribution in [0.4, 0.5) is 0 Å². The highest BCUT2D eigenvalue weighted by atomic mass is 16.6. The van der Waals surface area contributed by atoms with Crippen LogP contribution in [0.1, 0.15) is 17.5 Å². The minimum atomic E-state index is 0.526. The van der Waals surface area contributed by atoms with Gasteiger partial charge in [0.15, 0.2) is 0 Å². The normalized spacial score (nSPS) is 9.80. The van der Waals surface area contributed by atoms with E-state index in [-0.39, 0.29) is 0 Å². The summed E-state index contributed by atoms with van der Waals surface area (Å²) < 4.78 is 0. The zero-order valence-corrected chi connectivity index (χ0v) is 8.39. The van der Waals surface area contributed by atoms with Crippen molar-refractivity contribution in [3.8, 4) is 6.07 Å². The molecule has 0 aliphatic heterocycles. The average Bonchev–Trinajstić information content (AvgIpc) is 2.29. The highest BCUT2D eigenvalue weighted by molar-refractivity contribution is 5.79. The Balaban J connectivity index is 2.49. The van der Waals surface area contributed by atoms with Gasteiger partial charge in [-0.15, -0.1) is 6.58 Å². The molecule has 0 N–H and O–H groups in total. The molecule has 0 saturated heterocycles. The average molecular weight is 200 g/mol. The van der Waals surface area contributed by atoms with Gasteiger partial charge in [0.25, 0.3) is 0 Å². The summed E-state index contributed by atoms with van der Waals surface area (Å²) in [5.41, 5.74) is 1.47. The van der Waals surface area contributed by atoms with E-state index in [1.807, 2.05) is 12.1 Å². The van der Waals surface area contributed by atoms with Crippen LogP contribution in [-0.4, -0.2) is 12.8 Å². The summed E-state index contributed by atoms with van der Waals surface area (Å²) in [6, 6.07) is 9.23. The lowest BCUT2D eigenvalue weighted by Gasteiger charge is -1.95. The van der Waals surface area contributed by atoms with Gasteiger partial charge in [0, 0.05) is 6.42 Å². The molecule has 3 nitrogen and oxygen atoms in total. The molecule has 0 aromatic heterocycles. The predicted octanol–water partition coefficient (Wildman–Crippen LogP) is 2.48. The Morgan fingerprint density at radius 3 is 3.13 bits per heavy atom. The van der Waals surface area contributed by atoms with E-state index in [2.05, 4.69) is 17.8 Å². The van der Waals surface area contributed by atoms with Gasteiger partial charge >= 0.3 is 0 Å². The fourth-order valence-electron chi connectivity index (χ4n) is 0.975. The molecule has 0 bridgehead atoms. The molecule has 0 radical (unpaired) electrons. The van der Waals surface area contributed by atoms with Gasteiger partial charge in [-0.2, -0.15) is 5.26 Å². The Labute approximate surface area is 89.3 Å². The molecule has 0 aliphatic rings. The molecular formula is C12H12N2O. The van der Waals surface area contributed by atoms with Crippen LogP contribution in [0.5, 0.6) is 0 Å². The zero-order chi connectivity index (χ0) is 10.9. The van der Waals surface area contributed by atoms with Crippen LogP contribution >= 0.6 is 0 Å². The van der Waals surface area contributed by atoms with Crippen LogP contribution in [0, 0.1) is 11.3 Å². The number of nitrogens with zero attached hydrogens (tertiary/aromatic N) is 2. The summed E-state index contributed by atoms with van der Waals surface area (Å²) in [7, 11) is 0. The Morgan fingerprint density at radius 2 is 2.40 bits per heavy atom. The number of oxime groups is 1. The third kappa shape index (κ3) is 4.10. The molecule has 0 saturated carbocycles. The number of hydrogen-bond donors (Lipinski definition) is 0. The van der Waals surface area contributed by atoms with Crippen molar-refractivity contribution in [1.29, 1.82) is 5.26 Å². The first-order valence-corrected chi connectivity index (χ1v) is 4.63. The number of nitriles is 1. The van der Waals surface area contributed by atoms with E-state index in [0.29, 0.717) is 12.2 Å². The zero-order valence-electron chi connectivity index (χ0n) is 8.39. The number of benzene rings is 1. The van der Waals surface area contributed by atoms with Gasteiger partial charge in [-0.3, -0.25) is 0 Å². The first kappa shape index (κ1) is 11.0.